The number of ether oxygens (including phenoxy) is 1. The van der Waals surface area contributed by atoms with Gasteiger partial charge in [-0.15, -0.1) is 0 Å². The average molecular weight is 311 g/mol. The predicted octanol–water partition coefficient (Wildman–Crippen LogP) is 1.98. The van der Waals surface area contributed by atoms with E-state index in [1.54, 1.807) is 51.3 Å². The zero-order valence-electron chi connectivity index (χ0n) is 13.2. The topological polar surface area (TPSA) is 84.1 Å². The van der Waals surface area contributed by atoms with Gasteiger partial charge in [-0.1, -0.05) is 6.07 Å². The molecule has 1 aromatic heterocycles. The number of nitrogens with zero attached hydrogens (tertiary/aromatic N) is 2. The monoisotopic (exact) mass is 311 g/mol. The fourth-order valence-electron chi connectivity index (χ4n) is 2.30. The van der Waals surface area contributed by atoms with Crippen molar-refractivity contribution in [2.24, 2.45) is 0 Å². The number of pyridine rings is 1. The van der Waals surface area contributed by atoms with Gasteiger partial charge in [0.1, 0.15) is 23.9 Å². The zero-order chi connectivity index (χ0) is 17.0. The molecule has 0 saturated carbocycles. The number of benzene rings is 1. The van der Waals surface area contributed by atoms with Gasteiger partial charge in [0, 0.05) is 17.4 Å². The second kappa shape index (κ2) is 6.79. The van der Waals surface area contributed by atoms with E-state index < -0.39 is 5.56 Å². The number of carbonyl (C=O) groups is 1. The van der Waals surface area contributed by atoms with Crippen molar-refractivity contribution in [2.45, 2.75) is 20.4 Å². The van der Waals surface area contributed by atoms with Gasteiger partial charge in [0.25, 0.3) is 5.56 Å². The summed E-state index contributed by atoms with van der Waals surface area (Å²) in [6.07, 6.45) is 0. The second-order valence-electron chi connectivity index (χ2n) is 5.13. The summed E-state index contributed by atoms with van der Waals surface area (Å²) in [5, 5.41) is 11.8. The van der Waals surface area contributed by atoms with E-state index >= 15 is 0 Å². The molecule has 0 saturated heterocycles. The molecule has 0 fully saturated rings. The molecule has 23 heavy (non-hydrogen) atoms. The molecule has 118 valence electrons. The number of methoxy groups -OCH3 is 1. The highest BCUT2D eigenvalue weighted by Crippen LogP contribution is 2.16. The van der Waals surface area contributed by atoms with Gasteiger partial charge < -0.3 is 14.6 Å². The summed E-state index contributed by atoms with van der Waals surface area (Å²) >= 11 is 0. The molecule has 0 aliphatic carbocycles. The van der Waals surface area contributed by atoms with Crippen LogP contribution in [-0.2, 0) is 11.3 Å². The van der Waals surface area contributed by atoms with Gasteiger partial charge in [0.05, 0.1) is 7.11 Å². The number of aryl methyl sites for hydroxylation is 2. The molecule has 1 aromatic carbocycles. The third-order valence-electron chi connectivity index (χ3n) is 3.47. The van der Waals surface area contributed by atoms with Crippen LogP contribution in [-0.4, -0.2) is 17.6 Å². The van der Waals surface area contributed by atoms with E-state index in [9.17, 15) is 9.59 Å². The molecule has 2 rings (SSSR count). The number of nitrogens with one attached hydrogen (secondary N) is 1. The summed E-state index contributed by atoms with van der Waals surface area (Å²) in [6, 6.07) is 10.5. The normalized spacial score (nSPS) is 10.0. The summed E-state index contributed by atoms with van der Waals surface area (Å²) in [7, 11) is 1.54. The third kappa shape index (κ3) is 3.58. The molecular weight excluding hydrogens is 294 g/mol. The maximum Gasteiger partial charge on any atom is 0.269 e. The molecule has 6 heteroatoms. The number of hydrogen-bond acceptors (Lipinski definition) is 4. The van der Waals surface area contributed by atoms with Crippen molar-refractivity contribution >= 4 is 11.6 Å². The molecule has 2 aromatic rings. The third-order valence-corrected chi connectivity index (χ3v) is 3.47. The van der Waals surface area contributed by atoms with Crippen molar-refractivity contribution in [3.05, 3.63) is 57.5 Å². The van der Waals surface area contributed by atoms with Crippen LogP contribution >= 0.6 is 0 Å². The molecular formula is C17H17N3O3. The first-order valence-corrected chi connectivity index (χ1v) is 7.01. The minimum absolute atomic E-state index is 0.0600. The first-order valence-electron chi connectivity index (χ1n) is 7.01. The van der Waals surface area contributed by atoms with Crippen LogP contribution < -0.4 is 15.6 Å². The molecule has 0 spiro atoms. The number of nitriles is 1. The zero-order valence-corrected chi connectivity index (χ0v) is 13.2. The molecule has 0 aliphatic heterocycles. The van der Waals surface area contributed by atoms with Crippen molar-refractivity contribution in [1.82, 2.24) is 4.57 Å². The molecule has 0 bridgehead atoms. The number of rotatable bonds is 4. The van der Waals surface area contributed by atoms with Crippen molar-refractivity contribution in [2.75, 3.05) is 12.4 Å². The Morgan fingerprint density at radius 3 is 2.74 bits per heavy atom. The summed E-state index contributed by atoms with van der Waals surface area (Å²) in [5.41, 5.74) is 1.43. The van der Waals surface area contributed by atoms with E-state index in [4.69, 9.17) is 10.00 Å². The Hall–Kier alpha value is -3.07. The van der Waals surface area contributed by atoms with Crippen molar-refractivity contribution in [1.29, 1.82) is 5.26 Å². The van der Waals surface area contributed by atoms with E-state index in [1.165, 1.54) is 4.57 Å². The van der Waals surface area contributed by atoms with Crippen LogP contribution in [0.2, 0.25) is 0 Å². The predicted molar refractivity (Wildman–Crippen MR) is 86.5 cm³/mol. The van der Waals surface area contributed by atoms with Gasteiger partial charge in [0.15, 0.2) is 0 Å². The smallest absolute Gasteiger partial charge is 0.269 e. The average Bonchev–Trinajstić information content (AvgIpc) is 2.52. The highest BCUT2D eigenvalue weighted by Gasteiger charge is 2.13. The van der Waals surface area contributed by atoms with Crippen LogP contribution in [0.5, 0.6) is 5.75 Å². The van der Waals surface area contributed by atoms with Crippen molar-refractivity contribution in [3.8, 4) is 11.8 Å². The number of carbonyl (C=O) groups excluding carboxylic acids is 1. The maximum atomic E-state index is 12.3. The Bertz CT molecular complexity index is 847. The SMILES string of the molecule is COc1cccc(NC(=O)Cn2c(C)cc(C)c(C#N)c2=O)c1. The largest absolute Gasteiger partial charge is 0.497 e. The minimum Gasteiger partial charge on any atom is -0.497 e. The second-order valence-corrected chi connectivity index (χ2v) is 5.13. The van der Waals surface area contributed by atoms with E-state index in [1.807, 2.05) is 6.07 Å². The lowest BCUT2D eigenvalue weighted by Crippen LogP contribution is -2.31. The van der Waals surface area contributed by atoms with Crippen LogP contribution in [0.25, 0.3) is 0 Å². The Morgan fingerprint density at radius 1 is 1.35 bits per heavy atom. The lowest BCUT2D eigenvalue weighted by molar-refractivity contribution is -0.116. The van der Waals surface area contributed by atoms with Gasteiger partial charge in [-0.2, -0.15) is 5.26 Å². The fraction of sp³-hybridized carbons (Fsp3) is 0.235. The summed E-state index contributed by atoms with van der Waals surface area (Å²) in [5.74, 6) is 0.273. The van der Waals surface area contributed by atoms with Crippen LogP contribution in [0.4, 0.5) is 5.69 Å². The maximum absolute atomic E-state index is 12.3. The Balaban J connectivity index is 2.24. The highest BCUT2D eigenvalue weighted by atomic mass is 16.5. The molecule has 1 amide bonds. The van der Waals surface area contributed by atoms with Gasteiger partial charge in [-0.3, -0.25) is 9.59 Å². The van der Waals surface area contributed by atoms with Crippen LogP contribution in [0.1, 0.15) is 16.8 Å². The van der Waals surface area contributed by atoms with E-state index in [0.29, 0.717) is 22.7 Å². The quantitative estimate of drug-likeness (QED) is 0.935. The molecule has 0 aliphatic rings. The van der Waals surface area contributed by atoms with Gasteiger partial charge in [-0.05, 0) is 37.6 Å². The van der Waals surface area contributed by atoms with E-state index in [2.05, 4.69) is 5.32 Å². The Kier molecular flexibility index (Phi) is 4.82. The Morgan fingerprint density at radius 2 is 2.09 bits per heavy atom. The summed E-state index contributed by atoms with van der Waals surface area (Å²) in [6.45, 7) is 3.28. The van der Waals surface area contributed by atoms with E-state index in [-0.39, 0.29) is 18.0 Å². The van der Waals surface area contributed by atoms with E-state index in [0.717, 1.165) is 0 Å². The summed E-state index contributed by atoms with van der Waals surface area (Å²) < 4.78 is 6.39. The van der Waals surface area contributed by atoms with Gasteiger partial charge in [-0.25, -0.2) is 0 Å². The fourth-order valence-corrected chi connectivity index (χ4v) is 2.30. The first-order chi connectivity index (χ1) is 11.0. The molecule has 1 N–H and O–H groups in total. The highest BCUT2D eigenvalue weighted by molar-refractivity contribution is 5.90. The standard InChI is InChI=1S/C17H17N3O3/c1-11-7-12(2)20(17(22)15(11)9-18)10-16(21)19-13-5-4-6-14(8-13)23-3/h4-8H,10H2,1-3H3,(H,19,21). The molecule has 1 heterocycles. The van der Waals surface area contributed by atoms with Crippen LogP contribution in [0, 0.1) is 25.2 Å². The molecule has 0 radical (unpaired) electrons. The lowest BCUT2D eigenvalue weighted by Gasteiger charge is -2.12. The number of amides is 1. The number of aromatic nitrogens is 1. The Labute approximate surface area is 133 Å². The van der Waals surface area contributed by atoms with Crippen LogP contribution in [0.3, 0.4) is 0 Å². The molecule has 0 atom stereocenters. The number of anilines is 1. The van der Waals surface area contributed by atoms with Crippen LogP contribution in [0.15, 0.2) is 35.1 Å². The lowest BCUT2D eigenvalue weighted by atomic mass is 10.1. The molecule has 6 nitrogen and oxygen atoms in total. The van der Waals surface area contributed by atoms with Crippen molar-refractivity contribution < 1.29 is 9.53 Å². The van der Waals surface area contributed by atoms with Crippen molar-refractivity contribution in [3.63, 3.8) is 0 Å². The van der Waals surface area contributed by atoms with Gasteiger partial charge >= 0.3 is 0 Å². The van der Waals surface area contributed by atoms with Gasteiger partial charge in [0.2, 0.25) is 5.91 Å². The summed E-state index contributed by atoms with van der Waals surface area (Å²) in [4.78, 5) is 24.4. The minimum atomic E-state index is -0.453. The molecule has 0 unspecified atom stereocenters. The first kappa shape index (κ1) is 16.3. The number of hydrogen-bond donors (Lipinski definition) is 1.